The smallest absolute Gasteiger partial charge is 0.240 e. The molecule has 10 heteroatoms. The number of sulfonamides is 1. The molecule has 1 amide bonds. The van der Waals surface area contributed by atoms with Gasteiger partial charge in [-0.05, 0) is 55.7 Å². The summed E-state index contributed by atoms with van der Waals surface area (Å²) in [6, 6.07) is 9.41. The highest BCUT2D eigenvalue weighted by Crippen LogP contribution is 2.17. The van der Waals surface area contributed by atoms with Gasteiger partial charge in [0, 0.05) is 36.3 Å². The van der Waals surface area contributed by atoms with Gasteiger partial charge in [0.05, 0.1) is 11.4 Å². The molecule has 0 aliphatic carbocycles. The molecule has 0 spiro atoms. The fourth-order valence-electron chi connectivity index (χ4n) is 3.47. The molecule has 3 rings (SSSR count). The summed E-state index contributed by atoms with van der Waals surface area (Å²) in [5.74, 6) is -1.49. The molecule has 2 aromatic carbocycles. The SMILES string of the molecule is O=C(CN1CCC(NS(=O)(=O)c2ccc(Cl)cc2)CC1)NCCc1c(F)cccc1F. The van der Waals surface area contributed by atoms with Crippen LogP contribution in [0, 0.1) is 11.6 Å². The van der Waals surface area contributed by atoms with Crippen LogP contribution in [-0.4, -0.2) is 51.4 Å². The minimum Gasteiger partial charge on any atom is -0.355 e. The van der Waals surface area contributed by atoms with Gasteiger partial charge in [-0.15, -0.1) is 0 Å². The van der Waals surface area contributed by atoms with Crippen molar-refractivity contribution in [2.24, 2.45) is 0 Å². The summed E-state index contributed by atoms with van der Waals surface area (Å²) in [6.45, 7) is 1.40. The van der Waals surface area contributed by atoms with Crippen molar-refractivity contribution in [2.75, 3.05) is 26.2 Å². The molecule has 1 aliphatic rings. The number of nitrogens with zero attached hydrogens (tertiary/aromatic N) is 1. The molecule has 0 aromatic heterocycles. The maximum Gasteiger partial charge on any atom is 0.240 e. The van der Waals surface area contributed by atoms with Crippen molar-refractivity contribution in [1.29, 1.82) is 0 Å². The summed E-state index contributed by atoms with van der Waals surface area (Å²) in [4.78, 5) is 14.2. The topological polar surface area (TPSA) is 78.5 Å². The maximum absolute atomic E-state index is 13.6. The third kappa shape index (κ3) is 6.70. The quantitative estimate of drug-likeness (QED) is 0.620. The molecule has 168 valence electrons. The van der Waals surface area contributed by atoms with Gasteiger partial charge in [-0.3, -0.25) is 9.69 Å². The zero-order valence-corrected chi connectivity index (χ0v) is 18.4. The molecule has 0 atom stereocenters. The van der Waals surface area contributed by atoms with Gasteiger partial charge in [-0.2, -0.15) is 0 Å². The molecule has 6 nitrogen and oxygen atoms in total. The molecule has 1 heterocycles. The van der Waals surface area contributed by atoms with Crippen molar-refractivity contribution in [1.82, 2.24) is 14.9 Å². The van der Waals surface area contributed by atoms with E-state index in [1.807, 2.05) is 4.90 Å². The van der Waals surface area contributed by atoms with E-state index in [9.17, 15) is 22.0 Å². The standard InChI is InChI=1S/C21H24ClF2N3O3S/c22-15-4-6-17(7-5-15)31(29,30)26-16-9-12-27(13-10-16)14-21(28)25-11-8-18-19(23)2-1-3-20(18)24/h1-7,16,26H,8-14H2,(H,25,28). The molecule has 0 unspecified atom stereocenters. The van der Waals surface area contributed by atoms with E-state index < -0.39 is 21.7 Å². The van der Waals surface area contributed by atoms with Crippen molar-refractivity contribution in [3.63, 3.8) is 0 Å². The highest BCUT2D eigenvalue weighted by molar-refractivity contribution is 7.89. The van der Waals surface area contributed by atoms with E-state index in [1.165, 1.54) is 42.5 Å². The van der Waals surface area contributed by atoms with E-state index in [0.29, 0.717) is 31.0 Å². The summed E-state index contributed by atoms with van der Waals surface area (Å²) in [5.41, 5.74) is -0.0448. The van der Waals surface area contributed by atoms with Crippen molar-refractivity contribution < 1.29 is 22.0 Å². The first-order valence-electron chi connectivity index (χ1n) is 9.94. The highest BCUT2D eigenvalue weighted by Gasteiger charge is 2.25. The second kappa shape index (κ2) is 10.5. The lowest BCUT2D eigenvalue weighted by Crippen LogP contribution is -2.47. The lowest BCUT2D eigenvalue weighted by molar-refractivity contribution is -0.122. The van der Waals surface area contributed by atoms with E-state index in [1.54, 1.807) is 0 Å². The Morgan fingerprint density at radius 1 is 1.06 bits per heavy atom. The molecular weight excluding hydrogens is 448 g/mol. The third-order valence-electron chi connectivity index (χ3n) is 5.16. The molecular formula is C21H24ClF2N3O3S. The zero-order chi connectivity index (χ0) is 22.4. The zero-order valence-electron chi connectivity index (χ0n) is 16.8. The van der Waals surface area contributed by atoms with Crippen LogP contribution in [0.5, 0.6) is 0 Å². The number of nitrogens with one attached hydrogen (secondary N) is 2. The monoisotopic (exact) mass is 471 g/mol. The molecule has 2 N–H and O–H groups in total. The number of amides is 1. The van der Waals surface area contributed by atoms with Crippen molar-refractivity contribution in [2.45, 2.75) is 30.2 Å². The second-order valence-electron chi connectivity index (χ2n) is 7.43. The average Bonchev–Trinajstić information content (AvgIpc) is 2.72. The van der Waals surface area contributed by atoms with Gasteiger partial charge in [-0.25, -0.2) is 21.9 Å². The Kier molecular flexibility index (Phi) is 7.99. The van der Waals surface area contributed by atoms with Crippen LogP contribution >= 0.6 is 11.6 Å². The number of hydrogen-bond acceptors (Lipinski definition) is 4. The summed E-state index contributed by atoms with van der Waals surface area (Å²) in [6.07, 6.45) is 1.21. The molecule has 1 saturated heterocycles. The highest BCUT2D eigenvalue weighted by atomic mass is 35.5. The number of carbonyl (C=O) groups is 1. The number of hydrogen-bond donors (Lipinski definition) is 2. The summed E-state index contributed by atoms with van der Waals surface area (Å²) in [7, 11) is -3.63. The van der Waals surface area contributed by atoms with E-state index in [2.05, 4.69) is 10.0 Å². The van der Waals surface area contributed by atoms with Gasteiger partial charge in [0.25, 0.3) is 0 Å². The lowest BCUT2D eigenvalue weighted by atomic mass is 10.1. The number of carbonyl (C=O) groups excluding carboxylic acids is 1. The fourth-order valence-corrected chi connectivity index (χ4v) is 4.90. The normalized spacial score (nSPS) is 15.7. The first-order valence-corrected chi connectivity index (χ1v) is 11.8. The van der Waals surface area contributed by atoms with E-state index in [0.717, 1.165) is 0 Å². The van der Waals surface area contributed by atoms with Crippen LogP contribution in [0.1, 0.15) is 18.4 Å². The van der Waals surface area contributed by atoms with Gasteiger partial charge in [-0.1, -0.05) is 17.7 Å². The van der Waals surface area contributed by atoms with Crippen LogP contribution in [-0.2, 0) is 21.2 Å². The first kappa shape index (κ1) is 23.6. The molecule has 1 aliphatic heterocycles. The Morgan fingerprint density at radius 2 is 1.68 bits per heavy atom. The van der Waals surface area contributed by atoms with Gasteiger partial charge in [0.1, 0.15) is 11.6 Å². The van der Waals surface area contributed by atoms with Crippen LogP contribution in [0.4, 0.5) is 8.78 Å². The molecule has 0 saturated carbocycles. The largest absolute Gasteiger partial charge is 0.355 e. The molecule has 0 bridgehead atoms. The Morgan fingerprint density at radius 3 is 2.29 bits per heavy atom. The molecule has 0 radical (unpaired) electrons. The van der Waals surface area contributed by atoms with E-state index in [-0.39, 0.29) is 41.9 Å². The van der Waals surface area contributed by atoms with Crippen LogP contribution in [0.15, 0.2) is 47.4 Å². The predicted molar refractivity (Wildman–Crippen MR) is 114 cm³/mol. The fraction of sp³-hybridized carbons (Fsp3) is 0.381. The summed E-state index contributed by atoms with van der Waals surface area (Å²) < 4.78 is 54.9. The van der Waals surface area contributed by atoms with Gasteiger partial charge >= 0.3 is 0 Å². The van der Waals surface area contributed by atoms with Crippen molar-refractivity contribution in [3.05, 3.63) is 64.7 Å². The average molecular weight is 472 g/mol. The van der Waals surface area contributed by atoms with E-state index in [4.69, 9.17) is 11.6 Å². The van der Waals surface area contributed by atoms with Gasteiger partial charge in [0.15, 0.2) is 0 Å². The Bertz CT molecular complexity index is 991. The van der Waals surface area contributed by atoms with Crippen LogP contribution in [0.2, 0.25) is 5.02 Å². The molecule has 31 heavy (non-hydrogen) atoms. The van der Waals surface area contributed by atoms with Gasteiger partial charge in [0.2, 0.25) is 15.9 Å². The lowest BCUT2D eigenvalue weighted by Gasteiger charge is -2.31. The Hall–Kier alpha value is -2.07. The maximum atomic E-state index is 13.6. The number of piperidine rings is 1. The Balaban J connectivity index is 1.40. The van der Waals surface area contributed by atoms with Crippen molar-refractivity contribution >= 4 is 27.5 Å². The third-order valence-corrected chi connectivity index (χ3v) is 6.95. The number of halogens is 3. The molecule has 2 aromatic rings. The predicted octanol–water partition coefficient (Wildman–Crippen LogP) is 2.72. The van der Waals surface area contributed by atoms with Gasteiger partial charge < -0.3 is 5.32 Å². The summed E-state index contributed by atoms with van der Waals surface area (Å²) >= 11 is 5.80. The van der Waals surface area contributed by atoms with Crippen LogP contribution in [0.25, 0.3) is 0 Å². The Labute approximate surface area is 185 Å². The minimum atomic E-state index is -3.63. The number of rotatable bonds is 8. The van der Waals surface area contributed by atoms with Crippen LogP contribution in [0.3, 0.4) is 0 Å². The number of likely N-dealkylation sites (tertiary alicyclic amines) is 1. The minimum absolute atomic E-state index is 0.0448. The van der Waals surface area contributed by atoms with Crippen LogP contribution < -0.4 is 10.0 Å². The van der Waals surface area contributed by atoms with E-state index >= 15 is 0 Å². The second-order valence-corrected chi connectivity index (χ2v) is 9.58. The molecule has 1 fully saturated rings. The van der Waals surface area contributed by atoms with Crippen molar-refractivity contribution in [3.8, 4) is 0 Å². The number of benzene rings is 2. The first-order chi connectivity index (χ1) is 14.7. The summed E-state index contributed by atoms with van der Waals surface area (Å²) in [5, 5.41) is 3.13.